The summed E-state index contributed by atoms with van der Waals surface area (Å²) in [6, 6.07) is 17.7. The Labute approximate surface area is 197 Å². The van der Waals surface area contributed by atoms with Gasteiger partial charge in [-0.25, -0.2) is 17.4 Å². The molecule has 5 aromatic rings. The fraction of sp³-hybridized carbons (Fsp3) is 0.154. The second-order valence-corrected chi connectivity index (χ2v) is 10.2. The number of aromatic amines is 1. The first-order valence-corrected chi connectivity index (χ1v) is 12.2. The SMILES string of the molecule is Cc1ccc(S(=O)(=O)n2ccc3c(Cc4nc5ccc(C#N)cc5[nH]4)c(C)cc(CO)c32)cc1. The van der Waals surface area contributed by atoms with Crippen LogP contribution in [-0.2, 0) is 23.1 Å². The lowest BCUT2D eigenvalue weighted by Gasteiger charge is -2.14. The lowest BCUT2D eigenvalue weighted by molar-refractivity contribution is 0.283. The van der Waals surface area contributed by atoms with Gasteiger partial charge in [0.15, 0.2) is 0 Å². The molecule has 0 aliphatic rings. The molecular formula is C26H22N4O3S. The van der Waals surface area contributed by atoms with Crippen molar-refractivity contribution in [1.29, 1.82) is 5.26 Å². The lowest BCUT2D eigenvalue weighted by Crippen LogP contribution is -2.13. The van der Waals surface area contributed by atoms with E-state index in [0.717, 1.165) is 33.1 Å². The van der Waals surface area contributed by atoms with Crippen LogP contribution < -0.4 is 0 Å². The van der Waals surface area contributed by atoms with Gasteiger partial charge in [-0.3, -0.25) is 0 Å². The maximum absolute atomic E-state index is 13.5. The van der Waals surface area contributed by atoms with E-state index in [0.29, 0.717) is 28.9 Å². The third-order valence-electron chi connectivity index (χ3n) is 6.10. The number of nitrogens with zero attached hydrogens (tertiary/aromatic N) is 3. The van der Waals surface area contributed by atoms with Gasteiger partial charge in [0.25, 0.3) is 10.0 Å². The Kier molecular flexibility index (Phi) is 5.24. The van der Waals surface area contributed by atoms with Gasteiger partial charge < -0.3 is 10.1 Å². The highest BCUT2D eigenvalue weighted by Gasteiger charge is 2.23. The summed E-state index contributed by atoms with van der Waals surface area (Å²) in [4.78, 5) is 8.10. The molecule has 0 fully saturated rings. The number of nitriles is 1. The maximum atomic E-state index is 13.5. The highest BCUT2D eigenvalue weighted by molar-refractivity contribution is 7.90. The molecule has 0 bridgehead atoms. The normalized spacial score (nSPS) is 11.8. The van der Waals surface area contributed by atoms with Crippen molar-refractivity contribution in [3.8, 4) is 6.07 Å². The Morgan fingerprint density at radius 1 is 1.09 bits per heavy atom. The van der Waals surface area contributed by atoms with Crippen LogP contribution in [0.2, 0.25) is 0 Å². The molecule has 0 radical (unpaired) electrons. The zero-order valence-corrected chi connectivity index (χ0v) is 19.5. The van der Waals surface area contributed by atoms with Crippen LogP contribution in [0.15, 0.2) is 65.7 Å². The Morgan fingerprint density at radius 2 is 1.85 bits per heavy atom. The predicted octanol–water partition coefficient (Wildman–Crippen LogP) is 4.33. The molecule has 0 unspecified atom stereocenters. The number of imidazole rings is 1. The Morgan fingerprint density at radius 3 is 2.56 bits per heavy atom. The molecule has 2 N–H and O–H groups in total. The molecule has 8 heteroatoms. The van der Waals surface area contributed by atoms with Crippen LogP contribution in [0.25, 0.3) is 21.9 Å². The highest BCUT2D eigenvalue weighted by Crippen LogP contribution is 2.32. The van der Waals surface area contributed by atoms with E-state index in [1.54, 1.807) is 54.7 Å². The van der Waals surface area contributed by atoms with Gasteiger partial charge in [0.2, 0.25) is 0 Å². The second-order valence-electron chi connectivity index (χ2n) is 8.39. The molecular weight excluding hydrogens is 448 g/mol. The molecule has 2 heterocycles. The molecule has 34 heavy (non-hydrogen) atoms. The average molecular weight is 471 g/mol. The molecule has 5 rings (SSSR count). The molecule has 0 amide bonds. The molecule has 0 saturated heterocycles. The number of rotatable bonds is 5. The van der Waals surface area contributed by atoms with Crippen LogP contribution in [0.5, 0.6) is 0 Å². The number of H-pyrrole nitrogens is 1. The number of aromatic nitrogens is 3. The minimum absolute atomic E-state index is 0.187. The predicted molar refractivity (Wildman–Crippen MR) is 130 cm³/mol. The van der Waals surface area contributed by atoms with Crippen LogP contribution in [0.4, 0.5) is 0 Å². The third kappa shape index (κ3) is 3.55. The van der Waals surface area contributed by atoms with Gasteiger partial charge in [0.1, 0.15) is 5.82 Å². The lowest BCUT2D eigenvalue weighted by atomic mass is 9.97. The van der Waals surface area contributed by atoms with E-state index < -0.39 is 10.0 Å². The van der Waals surface area contributed by atoms with Crippen LogP contribution >= 0.6 is 0 Å². The molecule has 0 spiro atoms. The molecule has 170 valence electrons. The first-order chi connectivity index (χ1) is 16.3. The zero-order valence-electron chi connectivity index (χ0n) is 18.7. The van der Waals surface area contributed by atoms with E-state index >= 15 is 0 Å². The number of aliphatic hydroxyl groups is 1. The van der Waals surface area contributed by atoms with E-state index in [4.69, 9.17) is 5.26 Å². The van der Waals surface area contributed by atoms with Crippen LogP contribution in [-0.4, -0.2) is 27.5 Å². The Hall–Kier alpha value is -3.93. The van der Waals surface area contributed by atoms with Crippen LogP contribution in [0.1, 0.15) is 33.6 Å². The fourth-order valence-electron chi connectivity index (χ4n) is 4.36. The third-order valence-corrected chi connectivity index (χ3v) is 7.79. The van der Waals surface area contributed by atoms with Crippen molar-refractivity contribution in [2.75, 3.05) is 0 Å². The number of nitrogens with one attached hydrogen (secondary N) is 1. The van der Waals surface area contributed by atoms with E-state index in [1.807, 2.05) is 19.9 Å². The summed E-state index contributed by atoms with van der Waals surface area (Å²) in [6.07, 6.45) is 1.99. The maximum Gasteiger partial charge on any atom is 0.268 e. The van der Waals surface area contributed by atoms with E-state index in [1.165, 1.54) is 3.97 Å². The summed E-state index contributed by atoms with van der Waals surface area (Å²) in [5.74, 6) is 0.709. The minimum atomic E-state index is -3.85. The number of aryl methyl sites for hydroxylation is 2. The number of hydrogen-bond donors (Lipinski definition) is 2. The molecule has 2 aromatic heterocycles. The first kappa shape index (κ1) is 21.9. The second kappa shape index (κ2) is 8.13. The van der Waals surface area contributed by atoms with Gasteiger partial charge in [0.05, 0.1) is 39.7 Å². The van der Waals surface area contributed by atoms with Crippen molar-refractivity contribution < 1.29 is 13.5 Å². The van der Waals surface area contributed by atoms with Gasteiger partial charge in [-0.05, 0) is 61.4 Å². The average Bonchev–Trinajstić information content (AvgIpc) is 3.45. The van der Waals surface area contributed by atoms with Crippen LogP contribution in [0, 0.1) is 25.2 Å². The summed E-state index contributed by atoms with van der Waals surface area (Å²) < 4.78 is 28.2. The Balaban J connectivity index is 1.66. The number of fused-ring (bicyclic) bond motifs is 2. The number of hydrogen-bond acceptors (Lipinski definition) is 5. The highest BCUT2D eigenvalue weighted by atomic mass is 32.2. The van der Waals surface area contributed by atoms with E-state index in [9.17, 15) is 13.5 Å². The van der Waals surface area contributed by atoms with Crippen molar-refractivity contribution in [2.45, 2.75) is 31.8 Å². The van der Waals surface area contributed by atoms with Gasteiger partial charge in [-0.2, -0.15) is 5.26 Å². The van der Waals surface area contributed by atoms with Crippen LogP contribution in [0.3, 0.4) is 0 Å². The summed E-state index contributed by atoms with van der Waals surface area (Å²) in [5.41, 5.74) is 5.91. The molecule has 0 atom stereocenters. The first-order valence-electron chi connectivity index (χ1n) is 10.8. The van der Waals surface area contributed by atoms with E-state index in [2.05, 4.69) is 16.0 Å². The van der Waals surface area contributed by atoms with Crippen molar-refractivity contribution >= 4 is 32.0 Å². The smallest absolute Gasteiger partial charge is 0.268 e. The molecule has 0 aliphatic carbocycles. The van der Waals surface area contributed by atoms with Crippen molar-refractivity contribution in [3.05, 3.63) is 94.4 Å². The number of benzene rings is 3. The van der Waals surface area contributed by atoms with E-state index in [-0.39, 0.29) is 11.5 Å². The summed E-state index contributed by atoms with van der Waals surface area (Å²) in [5, 5.41) is 19.9. The van der Waals surface area contributed by atoms with Gasteiger partial charge in [-0.15, -0.1) is 0 Å². The molecule has 3 aromatic carbocycles. The zero-order chi connectivity index (χ0) is 24.0. The molecule has 7 nitrogen and oxygen atoms in total. The summed E-state index contributed by atoms with van der Waals surface area (Å²) >= 11 is 0. The summed E-state index contributed by atoms with van der Waals surface area (Å²) in [6.45, 7) is 3.56. The largest absolute Gasteiger partial charge is 0.392 e. The Bertz CT molecular complexity index is 1710. The van der Waals surface area contributed by atoms with Crippen molar-refractivity contribution in [2.24, 2.45) is 0 Å². The standard InChI is InChI=1S/C26H22N4O3S/c1-16-3-6-20(7-4-16)34(32,33)30-10-9-21-22(17(2)11-19(15-31)26(21)30)13-25-28-23-8-5-18(14-27)12-24(23)29-25/h3-12,31H,13,15H2,1-2H3,(H,28,29). The fourth-order valence-corrected chi connectivity index (χ4v) is 5.75. The van der Waals surface area contributed by atoms with Crippen molar-refractivity contribution in [1.82, 2.24) is 13.9 Å². The molecule has 0 saturated carbocycles. The van der Waals surface area contributed by atoms with Gasteiger partial charge >= 0.3 is 0 Å². The minimum Gasteiger partial charge on any atom is -0.392 e. The quantitative estimate of drug-likeness (QED) is 0.397. The summed E-state index contributed by atoms with van der Waals surface area (Å²) in [7, 11) is -3.85. The van der Waals surface area contributed by atoms with Gasteiger partial charge in [-0.1, -0.05) is 23.8 Å². The monoisotopic (exact) mass is 470 g/mol. The number of aliphatic hydroxyl groups excluding tert-OH is 1. The van der Waals surface area contributed by atoms with Gasteiger partial charge in [0, 0.05) is 23.6 Å². The molecule has 0 aliphatic heterocycles. The van der Waals surface area contributed by atoms with Crippen molar-refractivity contribution in [3.63, 3.8) is 0 Å². The topological polar surface area (TPSA) is 112 Å².